The van der Waals surface area contributed by atoms with E-state index in [1.807, 2.05) is 18.7 Å². The number of aromatic nitrogens is 4. The Balaban J connectivity index is 1.79. The van der Waals surface area contributed by atoms with Crippen molar-refractivity contribution in [3.8, 4) is 0 Å². The van der Waals surface area contributed by atoms with Crippen LogP contribution in [0.4, 0.5) is 5.82 Å². The summed E-state index contributed by atoms with van der Waals surface area (Å²) in [5.74, 6) is 0.714. The van der Waals surface area contributed by atoms with Crippen LogP contribution in [-0.2, 0) is 9.47 Å². The molecule has 27 heavy (non-hydrogen) atoms. The Bertz CT molecular complexity index is 724. The third-order valence-corrected chi connectivity index (χ3v) is 4.56. The van der Waals surface area contributed by atoms with Crippen LogP contribution in [0.2, 0.25) is 0 Å². The average Bonchev–Trinajstić information content (AvgIpc) is 3.11. The number of imidazole rings is 1. The number of anilines is 1. The molecular weight excluding hydrogens is 350 g/mol. The van der Waals surface area contributed by atoms with Crippen LogP contribution in [0.5, 0.6) is 0 Å². The van der Waals surface area contributed by atoms with E-state index in [-0.39, 0.29) is 18.9 Å². The molecule has 0 radical (unpaired) electrons. The summed E-state index contributed by atoms with van der Waals surface area (Å²) in [6.45, 7) is 4.41. The third kappa shape index (κ3) is 4.90. The van der Waals surface area contributed by atoms with Gasteiger partial charge >= 0.3 is 0 Å². The molecule has 1 aliphatic rings. The molecule has 3 heterocycles. The van der Waals surface area contributed by atoms with E-state index in [1.165, 1.54) is 6.33 Å². The number of ether oxygens (including phenoxy) is 2. The topological polar surface area (TPSA) is 101 Å². The second kappa shape index (κ2) is 9.38. The van der Waals surface area contributed by atoms with Gasteiger partial charge < -0.3 is 24.8 Å². The number of hydrogen-bond donors (Lipinski definition) is 2. The van der Waals surface area contributed by atoms with Crippen molar-refractivity contribution >= 4 is 17.0 Å². The Morgan fingerprint density at radius 1 is 1.33 bits per heavy atom. The van der Waals surface area contributed by atoms with E-state index < -0.39 is 0 Å². The number of morpholine rings is 1. The van der Waals surface area contributed by atoms with Crippen molar-refractivity contribution in [3.63, 3.8) is 0 Å². The Kier molecular flexibility index (Phi) is 6.91. The van der Waals surface area contributed by atoms with Gasteiger partial charge in [-0.15, -0.1) is 0 Å². The molecule has 10 heteroatoms. The zero-order chi connectivity index (χ0) is 19.2. The largest absolute Gasteiger partial charge is 0.394 e. The van der Waals surface area contributed by atoms with Crippen LogP contribution >= 0.6 is 0 Å². The minimum atomic E-state index is -0.276. The first-order chi connectivity index (χ1) is 13.1. The Hall–Kier alpha value is -1.85. The molecule has 2 N–H and O–H groups in total. The van der Waals surface area contributed by atoms with Crippen LogP contribution in [0, 0.1) is 0 Å². The highest BCUT2D eigenvalue weighted by molar-refractivity contribution is 5.82. The van der Waals surface area contributed by atoms with Crippen molar-refractivity contribution in [1.29, 1.82) is 0 Å². The standard InChI is InChI=1S/C17H29N7O3/c1-22(2)5-4-18-16-15-17(20-11-19-16)24(12-21-15)14-9-23(6-7-26-3)8-13(10-25)27-14/h11-14,25H,4-10H2,1-3H3,(H,18,19,20)/t13-,14+/m0/s1. The molecule has 3 rings (SSSR count). The van der Waals surface area contributed by atoms with E-state index >= 15 is 0 Å². The summed E-state index contributed by atoms with van der Waals surface area (Å²) in [5.41, 5.74) is 1.43. The summed E-state index contributed by atoms with van der Waals surface area (Å²) in [5, 5.41) is 12.9. The fourth-order valence-electron chi connectivity index (χ4n) is 3.14. The second-order valence-corrected chi connectivity index (χ2v) is 6.92. The zero-order valence-electron chi connectivity index (χ0n) is 16.2. The van der Waals surface area contributed by atoms with E-state index in [0.717, 1.165) is 25.2 Å². The maximum atomic E-state index is 9.60. The van der Waals surface area contributed by atoms with Crippen LogP contribution < -0.4 is 5.32 Å². The minimum Gasteiger partial charge on any atom is -0.394 e. The van der Waals surface area contributed by atoms with Gasteiger partial charge in [0.05, 0.1) is 25.6 Å². The molecule has 2 aromatic heterocycles. The highest BCUT2D eigenvalue weighted by Crippen LogP contribution is 2.25. The fourth-order valence-corrected chi connectivity index (χ4v) is 3.14. The molecule has 10 nitrogen and oxygen atoms in total. The monoisotopic (exact) mass is 379 g/mol. The molecule has 0 saturated carbocycles. The normalized spacial score (nSPS) is 21.2. The summed E-state index contributed by atoms with van der Waals surface area (Å²) in [6.07, 6.45) is 2.74. The molecule has 2 aromatic rings. The number of likely N-dealkylation sites (N-methyl/N-ethyl adjacent to an activating group) is 1. The van der Waals surface area contributed by atoms with E-state index in [4.69, 9.17) is 9.47 Å². The van der Waals surface area contributed by atoms with Crippen molar-refractivity contribution in [2.75, 3.05) is 72.5 Å². The van der Waals surface area contributed by atoms with Crippen molar-refractivity contribution < 1.29 is 14.6 Å². The zero-order valence-corrected chi connectivity index (χ0v) is 16.2. The number of aliphatic hydroxyl groups is 1. The fraction of sp³-hybridized carbons (Fsp3) is 0.706. The molecule has 2 atom stereocenters. The van der Waals surface area contributed by atoms with Crippen LogP contribution in [0.1, 0.15) is 6.23 Å². The summed E-state index contributed by atoms with van der Waals surface area (Å²) >= 11 is 0. The van der Waals surface area contributed by atoms with Crippen LogP contribution in [-0.4, -0.2) is 108 Å². The lowest BCUT2D eigenvalue weighted by molar-refractivity contribution is -0.135. The second-order valence-electron chi connectivity index (χ2n) is 6.92. The first-order valence-corrected chi connectivity index (χ1v) is 9.16. The van der Waals surface area contributed by atoms with Gasteiger partial charge in [0.25, 0.3) is 0 Å². The van der Waals surface area contributed by atoms with Crippen molar-refractivity contribution in [2.45, 2.75) is 12.3 Å². The van der Waals surface area contributed by atoms with E-state index in [2.05, 4.69) is 30.1 Å². The predicted octanol–water partition coefficient (Wildman–Crippen LogP) is -0.362. The number of hydrogen-bond acceptors (Lipinski definition) is 9. The van der Waals surface area contributed by atoms with Gasteiger partial charge in [-0.25, -0.2) is 15.0 Å². The van der Waals surface area contributed by atoms with Gasteiger partial charge in [0.1, 0.15) is 12.6 Å². The molecule has 0 aromatic carbocycles. The molecule has 150 valence electrons. The lowest BCUT2D eigenvalue weighted by Gasteiger charge is -2.37. The molecule has 0 amide bonds. The highest BCUT2D eigenvalue weighted by Gasteiger charge is 2.29. The number of fused-ring (bicyclic) bond motifs is 1. The lowest BCUT2D eigenvalue weighted by atomic mass is 10.2. The number of aliphatic hydroxyl groups excluding tert-OH is 1. The lowest BCUT2D eigenvalue weighted by Crippen LogP contribution is -2.48. The van der Waals surface area contributed by atoms with E-state index in [1.54, 1.807) is 13.4 Å². The Morgan fingerprint density at radius 2 is 2.19 bits per heavy atom. The smallest absolute Gasteiger partial charge is 0.167 e. The minimum absolute atomic E-state index is 0.0288. The van der Waals surface area contributed by atoms with Crippen LogP contribution in [0.25, 0.3) is 11.2 Å². The first-order valence-electron chi connectivity index (χ1n) is 9.16. The molecule has 0 unspecified atom stereocenters. The van der Waals surface area contributed by atoms with Gasteiger partial charge in [-0.3, -0.25) is 9.47 Å². The molecule has 0 spiro atoms. The maximum Gasteiger partial charge on any atom is 0.167 e. The van der Waals surface area contributed by atoms with Gasteiger partial charge in [-0.05, 0) is 14.1 Å². The predicted molar refractivity (Wildman–Crippen MR) is 102 cm³/mol. The quantitative estimate of drug-likeness (QED) is 0.605. The van der Waals surface area contributed by atoms with E-state index in [9.17, 15) is 5.11 Å². The van der Waals surface area contributed by atoms with Gasteiger partial charge in [0.15, 0.2) is 17.0 Å². The third-order valence-electron chi connectivity index (χ3n) is 4.56. The van der Waals surface area contributed by atoms with Gasteiger partial charge in [-0.2, -0.15) is 0 Å². The van der Waals surface area contributed by atoms with Gasteiger partial charge in [-0.1, -0.05) is 0 Å². The highest BCUT2D eigenvalue weighted by atomic mass is 16.5. The molecule has 0 aliphatic carbocycles. The molecule has 0 bridgehead atoms. The maximum absolute atomic E-state index is 9.60. The first kappa shape index (κ1) is 19.9. The summed E-state index contributed by atoms with van der Waals surface area (Å²) in [4.78, 5) is 17.6. The van der Waals surface area contributed by atoms with Crippen LogP contribution in [0.15, 0.2) is 12.7 Å². The SMILES string of the molecule is COCCN1C[C@@H](CO)O[C@@H](n2cnc3c(NCCN(C)C)ncnc32)C1. The summed E-state index contributed by atoms with van der Waals surface area (Å²) in [7, 11) is 5.74. The van der Waals surface area contributed by atoms with E-state index in [0.29, 0.717) is 31.2 Å². The Labute approximate surface area is 159 Å². The van der Waals surface area contributed by atoms with Crippen molar-refractivity contribution in [3.05, 3.63) is 12.7 Å². The molecule has 1 fully saturated rings. The average molecular weight is 379 g/mol. The van der Waals surface area contributed by atoms with Crippen LogP contribution in [0.3, 0.4) is 0 Å². The summed E-state index contributed by atoms with van der Waals surface area (Å²) < 4.78 is 13.1. The number of nitrogens with zero attached hydrogens (tertiary/aromatic N) is 6. The van der Waals surface area contributed by atoms with Crippen molar-refractivity contribution in [2.24, 2.45) is 0 Å². The summed E-state index contributed by atoms with van der Waals surface area (Å²) in [6, 6.07) is 0. The molecule has 1 aliphatic heterocycles. The molecular formula is C17H29N7O3. The molecule has 1 saturated heterocycles. The Morgan fingerprint density at radius 3 is 2.93 bits per heavy atom. The van der Waals surface area contributed by atoms with Gasteiger partial charge in [0, 0.05) is 39.8 Å². The van der Waals surface area contributed by atoms with Crippen molar-refractivity contribution in [1.82, 2.24) is 29.3 Å². The number of methoxy groups -OCH3 is 1. The number of rotatable bonds is 9. The van der Waals surface area contributed by atoms with Gasteiger partial charge in [0.2, 0.25) is 0 Å². The number of nitrogens with one attached hydrogen (secondary N) is 1.